The van der Waals surface area contributed by atoms with Crippen LogP contribution in [-0.2, 0) is 4.79 Å². The van der Waals surface area contributed by atoms with Gasteiger partial charge in [-0.3, -0.25) is 0 Å². The molecule has 0 aromatic carbocycles. The summed E-state index contributed by atoms with van der Waals surface area (Å²) in [5.74, 6) is -0.442. The number of carbonyl (C=O) groups is 2. The lowest BCUT2D eigenvalue weighted by Gasteiger charge is -2.38. The van der Waals surface area contributed by atoms with Gasteiger partial charge in [-0.15, -0.1) is 0 Å². The fraction of sp³-hybridized carbons (Fsp3) is 0.846. The van der Waals surface area contributed by atoms with Gasteiger partial charge in [-0.25, -0.2) is 9.59 Å². The molecule has 108 valence electrons. The fourth-order valence-electron chi connectivity index (χ4n) is 2.94. The van der Waals surface area contributed by atoms with Crippen molar-refractivity contribution in [3.63, 3.8) is 0 Å². The Hall–Kier alpha value is -1.30. The van der Waals surface area contributed by atoms with Crippen molar-refractivity contribution in [2.75, 3.05) is 26.2 Å². The molecule has 2 heterocycles. The number of aliphatic carboxylic acids is 1. The van der Waals surface area contributed by atoms with Crippen LogP contribution in [0.2, 0.25) is 0 Å². The summed E-state index contributed by atoms with van der Waals surface area (Å²) in [4.78, 5) is 26.8. The maximum atomic E-state index is 12.4. The average Bonchev–Trinajstić information content (AvgIpc) is 2.86. The van der Waals surface area contributed by atoms with Gasteiger partial charge in [0.2, 0.25) is 0 Å². The van der Waals surface area contributed by atoms with Crippen LogP contribution in [0, 0.1) is 11.8 Å². The molecule has 6 nitrogen and oxygen atoms in total. The second kappa shape index (κ2) is 5.77. The van der Waals surface area contributed by atoms with Gasteiger partial charge in [0, 0.05) is 32.2 Å². The number of amides is 2. The van der Waals surface area contributed by atoms with Crippen LogP contribution >= 0.6 is 0 Å². The van der Waals surface area contributed by atoms with Crippen LogP contribution in [0.1, 0.15) is 26.2 Å². The van der Waals surface area contributed by atoms with Crippen LogP contribution in [0.3, 0.4) is 0 Å². The standard InChI is InChI=1S/C13H22N2O4/c1-9-2-5-15(11(6-9)12(17)18)13(19)14-4-3-10(7-14)8-16/h9-11,16H,2-8H2,1H3,(H,17,18). The number of carbonyl (C=O) groups excluding carboxylic acids is 1. The summed E-state index contributed by atoms with van der Waals surface area (Å²) in [7, 11) is 0. The normalized spacial score (nSPS) is 31.6. The van der Waals surface area contributed by atoms with Crippen LogP contribution in [0.5, 0.6) is 0 Å². The zero-order valence-corrected chi connectivity index (χ0v) is 11.3. The smallest absolute Gasteiger partial charge is 0.326 e. The van der Waals surface area contributed by atoms with E-state index in [-0.39, 0.29) is 18.6 Å². The van der Waals surface area contributed by atoms with Crippen molar-refractivity contribution >= 4 is 12.0 Å². The highest BCUT2D eigenvalue weighted by Crippen LogP contribution is 2.25. The lowest BCUT2D eigenvalue weighted by atomic mass is 9.93. The molecule has 3 unspecified atom stereocenters. The highest BCUT2D eigenvalue weighted by molar-refractivity contribution is 5.83. The number of rotatable bonds is 2. The minimum atomic E-state index is -0.919. The van der Waals surface area contributed by atoms with Crippen LogP contribution in [0.4, 0.5) is 4.79 Å². The molecule has 2 fully saturated rings. The SMILES string of the molecule is CC1CCN(C(=O)N2CCC(CO)C2)C(C(=O)O)C1. The van der Waals surface area contributed by atoms with E-state index < -0.39 is 12.0 Å². The van der Waals surface area contributed by atoms with Crippen LogP contribution in [0.25, 0.3) is 0 Å². The molecule has 0 radical (unpaired) electrons. The lowest BCUT2D eigenvalue weighted by Crippen LogP contribution is -2.54. The monoisotopic (exact) mass is 270 g/mol. The molecule has 2 amide bonds. The molecule has 0 aromatic heterocycles. The number of nitrogens with zero attached hydrogens (tertiary/aromatic N) is 2. The van der Waals surface area contributed by atoms with Gasteiger partial charge in [-0.05, 0) is 25.2 Å². The molecule has 3 atom stereocenters. The first-order valence-corrected chi connectivity index (χ1v) is 6.92. The van der Waals surface area contributed by atoms with Crippen molar-refractivity contribution in [3.8, 4) is 0 Å². The molecule has 2 saturated heterocycles. The predicted octanol–water partition coefficient (Wildman–Crippen LogP) is 0.606. The number of piperidine rings is 1. The van der Waals surface area contributed by atoms with Crippen molar-refractivity contribution < 1.29 is 19.8 Å². The minimum absolute atomic E-state index is 0.0865. The largest absolute Gasteiger partial charge is 0.480 e. The van der Waals surface area contributed by atoms with Crippen molar-refractivity contribution in [3.05, 3.63) is 0 Å². The maximum absolute atomic E-state index is 12.4. The molecule has 2 N–H and O–H groups in total. The number of likely N-dealkylation sites (tertiary alicyclic amines) is 2. The average molecular weight is 270 g/mol. The molecular weight excluding hydrogens is 248 g/mol. The number of carboxylic acids is 1. The molecular formula is C13H22N2O4. The third kappa shape index (κ3) is 3.00. The summed E-state index contributed by atoms with van der Waals surface area (Å²) < 4.78 is 0. The van der Waals surface area contributed by atoms with E-state index in [2.05, 4.69) is 0 Å². The first-order chi connectivity index (χ1) is 9.02. The summed E-state index contributed by atoms with van der Waals surface area (Å²) >= 11 is 0. The van der Waals surface area contributed by atoms with Gasteiger partial charge in [-0.1, -0.05) is 6.92 Å². The lowest BCUT2D eigenvalue weighted by molar-refractivity contribution is -0.144. The third-order valence-corrected chi connectivity index (χ3v) is 4.21. The summed E-state index contributed by atoms with van der Waals surface area (Å²) in [6, 6.07) is -0.889. The van der Waals surface area contributed by atoms with Gasteiger partial charge >= 0.3 is 12.0 Å². The van der Waals surface area contributed by atoms with Gasteiger partial charge < -0.3 is 20.0 Å². The zero-order valence-electron chi connectivity index (χ0n) is 11.3. The third-order valence-electron chi connectivity index (χ3n) is 4.21. The van der Waals surface area contributed by atoms with Crippen molar-refractivity contribution in [1.82, 2.24) is 9.80 Å². The molecule has 2 aliphatic rings. The first kappa shape index (κ1) is 14.1. The summed E-state index contributed by atoms with van der Waals surface area (Å²) in [6.45, 7) is 3.77. The van der Waals surface area contributed by atoms with E-state index in [1.807, 2.05) is 6.92 Å². The van der Waals surface area contributed by atoms with E-state index in [9.17, 15) is 14.7 Å². The topological polar surface area (TPSA) is 81.1 Å². The van der Waals surface area contributed by atoms with E-state index in [0.29, 0.717) is 32.0 Å². The first-order valence-electron chi connectivity index (χ1n) is 6.92. The molecule has 2 rings (SSSR count). The Labute approximate surface area is 113 Å². The Morgan fingerprint density at radius 1 is 1.26 bits per heavy atom. The number of aliphatic hydroxyl groups is 1. The highest BCUT2D eigenvalue weighted by atomic mass is 16.4. The molecule has 19 heavy (non-hydrogen) atoms. The van der Waals surface area contributed by atoms with Gasteiger partial charge in [0.15, 0.2) is 0 Å². The molecule has 0 spiro atoms. The second-order valence-corrected chi connectivity index (χ2v) is 5.74. The fourth-order valence-corrected chi connectivity index (χ4v) is 2.94. The number of carboxylic acid groups (broad SMARTS) is 1. The van der Waals surface area contributed by atoms with E-state index in [1.54, 1.807) is 4.90 Å². The van der Waals surface area contributed by atoms with Gasteiger partial charge in [0.1, 0.15) is 6.04 Å². The van der Waals surface area contributed by atoms with E-state index in [1.165, 1.54) is 4.90 Å². The number of aliphatic hydroxyl groups excluding tert-OH is 1. The molecule has 0 saturated carbocycles. The van der Waals surface area contributed by atoms with Gasteiger partial charge in [0.05, 0.1) is 0 Å². The van der Waals surface area contributed by atoms with Crippen LogP contribution in [0.15, 0.2) is 0 Å². The van der Waals surface area contributed by atoms with Gasteiger partial charge in [-0.2, -0.15) is 0 Å². The predicted molar refractivity (Wildman–Crippen MR) is 68.7 cm³/mol. The van der Waals surface area contributed by atoms with Gasteiger partial charge in [0.25, 0.3) is 0 Å². The van der Waals surface area contributed by atoms with Crippen molar-refractivity contribution in [2.24, 2.45) is 11.8 Å². The molecule has 2 aliphatic heterocycles. The van der Waals surface area contributed by atoms with Crippen LogP contribution < -0.4 is 0 Å². The number of hydrogen-bond acceptors (Lipinski definition) is 3. The van der Waals surface area contributed by atoms with Crippen LogP contribution in [-0.4, -0.2) is 64.3 Å². The second-order valence-electron chi connectivity index (χ2n) is 5.74. The Morgan fingerprint density at radius 3 is 2.58 bits per heavy atom. The maximum Gasteiger partial charge on any atom is 0.326 e. The van der Waals surface area contributed by atoms with E-state index in [0.717, 1.165) is 12.8 Å². The zero-order chi connectivity index (χ0) is 14.0. The van der Waals surface area contributed by atoms with E-state index in [4.69, 9.17) is 5.11 Å². The molecule has 0 bridgehead atoms. The van der Waals surface area contributed by atoms with Crippen molar-refractivity contribution in [2.45, 2.75) is 32.2 Å². The summed E-state index contributed by atoms with van der Waals surface area (Å²) in [6.07, 6.45) is 2.18. The number of urea groups is 1. The summed E-state index contributed by atoms with van der Waals surface area (Å²) in [5, 5.41) is 18.4. The quantitative estimate of drug-likeness (QED) is 0.770. The summed E-state index contributed by atoms with van der Waals surface area (Å²) in [5.41, 5.74) is 0. The van der Waals surface area contributed by atoms with E-state index >= 15 is 0 Å². The van der Waals surface area contributed by atoms with Crippen molar-refractivity contribution in [1.29, 1.82) is 0 Å². The Morgan fingerprint density at radius 2 is 2.00 bits per heavy atom. The molecule has 6 heteroatoms. The molecule has 0 aromatic rings. The minimum Gasteiger partial charge on any atom is -0.480 e. The Bertz CT molecular complexity index is 361. The Balaban J connectivity index is 2.02. The molecule has 0 aliphatic carbocycles. The highest BCUT2D eigenvalue weighted by Gasteiger charge is 2.38. The Kier molecular flexibility index (Phi) is 4.29. The number of hydrogen-bond donors (Lipinski definition) is 2.